The molecule has 0 saturated carbocycles. The first-order chi connectivity index (χ1) is 8.81. The minimum absolute atomic E-state index is 0.0319. The second kappa shape index (κ2) is 6.89. The van der Waals surface area contributed by atoms with Crippen LogP contribution >= 0.6 is 0 Å². The van der Waals surface area contributed by atoms with Crippen LogP contribution in [0.5, 0.6) is 0 Å². The first-order valence-electron chi connectivity index (χ1n) is 6.80. The van der Waals surface area contributed by atoms with Gasteiger partial charge in [-0.2, -0.15) is 0 Å². The number of likely N-dealkylation sites (tertiary alicyclic amines) is 1. The van der Waals surface area contributed by atoms with E-state index >= 15 is 0 Å². The molecule has 5 heteroatoms. The van der Waals surface area contributed by atoms with E-state index in [1.165, 1.54) is 0 Å². The Labute approximate surface area is 115 Å². The molecule has 0 aromatic rings. The molecule has 1 aliphatic rings. The normalized spacial score (nSPS) is 19.6. The van der Waals surface area contributed by atoms with Gasteiger partial charge in [0.1, 0.15) is 5.60 Å². The number of hydrogen-bond donors (Lipinski definition) is 0. The van der Waals surface area contributed by atoms with Crippen LogP contribution in [0.3, 0.4) is 0 Å². The summed E-state index contributed by atoms with van der Waals surface area (Å²) in [6.07, 6.45) is 1.36. The van der Waals surface area contributed by atoms with Gasteiger partial charge in [0.05, 0.1) is 13.0 Å². The van der Waals surface area contributed by atoms with Gasteiger partial charge in [-0.15, -0.1) is 0 Å². The van der Waals surface area contributed by atoms with Gasteiger partial charge in [-0.25, -0.2) is 0 Å². The van der Waals surface area contributed by atoms with Gasteiger partial charge in [0.2, 0.25) is 5.91 Å². The predicted octanol–water partition coefficient (Wildman–Crippen LogP) is 1.60. The third-order valence-electron chi connectivity index (χ3n) is 3.00. The molecule has 0 aliphatic carbocycles. The molecule has 0 bridgehead atoms. The Morgan fingerprint density at radius 1 is 1.26 bits per heavy atom. The summed E-state index contributed by atoms with van der Waals surface area (Å²) in [6.45, 7) is 7.66. The third-order valence-corrected chi connectivity index (χ3v) is 3.00. The molecule has 1 heterocycles. The van der Waals surface area contributed by atoms with E-state index in [0.717, 1.165) is 19.5 Å². The molecule has 5 nitrogen and oxygen atoms in total. The average Bonchev–Trinajstić information content (AvgIpc) is 2.73. The van der Waals surface area contributed by atoms with Crippen molar-refractivity contribution in [2.75, 3.05) is 26.8 Å². The molecule has 0 aromatic carbocycles. The van der Waals surface area contributed by atoms with Crippen molar-refractivity contribution < 1.29 is 19.1 Å². The average molecular weight is 271 g/mol. The van der Waals surface area contributed by atoms with Gasteiger partial charge in [0.25, 0.3) is 0 Å². The molecule has 0 spiro atoms. The van der Waals surface area contributed by atoms with E-state index in [2.05, 4.69) is 0 Å². The highest BCUT2D eigenvalue weighted by molar-refractivity contribution is 5.81. The van der Waals surface area contributed by atoms with E-state index in [4.69, 9.17) is 9.47 Å². The van der Waals surface area contributed by atoms with Crippen molar-refractivity contribution in [3.8, 4) is 0 Å². The maximum atomic E-state index is 11.9. The lowest BCUT2D eigenvalue weighted by Gasteiger charge is -2.20. The van der Waals surface area contributed by atoms with Gasteiger partial charge in [-0.3, -0.25) is 9.59 Å². The molecule has 0 radical (unpaired) electrons. The highest BCUT2D eigenvalue weighted by Gasteiger charge is 2.26. The first kappa shape index (κ1) is 16.0. The van der Waals surface area contributed by atoms with Crippen LogP contribution < -0.4 is 0 Å². The van der Waals surface area contributed by atoms with Crippen LogP contribution in [0.4, 0.5) is 0 Å². The molecule has 1 aliphatic heterocycles. The Morgan fingerprint density at radius 3 is 2.53 bits per heavy atom. The monoisotopic (exact) mass is 271 g/mol. The van der Waals surface area contributed by atoms with Gasteiger partial charge >= 0.3 is 5.97 Å². The first-order valence-corrected chi connectivity index (χ1v) is 6.80. The second-order valence-corrected chi connectivity index (χ2v) is 6.04. The van der Waals surface area contributed by atoms with Crippen LogP contribution in [0.2, 0.25) is 0 Å². The summed E-state index contributed by atoms with van der Waals surface area (Å²) in [7, 11) is 1.67. The highest BCUT2D eigenvalue weighted by Crippen LogP contribution is 2.18. The molecular weight excluding hydrogens is 246 g/mol. The van der Waals surface area contributed by atoms with Crippen LogP contribution in [-0.4, -0.2) is 49.2 Å². The summed E-state index contributed by atoms with van der Waals surface area (Å²) < 4.78 is 10.3. The Balaban J connectivity index is 2.27. The van der Waals surface area contributed by atoms with Crippen LogP contribution in [-0.2, 0) is 19.1 Å². The number of hydrogen-bond acceptors (Lipinski definition) is 4. The van der Waals surface area contributed by atoms with Crippen molar-refractivity contribution >= 4 is 11.9 Å². The fourth-order valence-corrected chi connectivity index (χ4v) is 2.19. The number of carbonyl (C=O) groups is 2. The number of methoxy groups -OCH3 is 1. The summed E-state index contributed by atoms with van der Waals surface area (Å²) in [4.78, 5) is 25.3. The van der Waals surface area contributed by atoms with Crippen molar-refractivity contribution in [3.05, 3.63) is 0 Å². The molecule has 0 aromatic heterocycles. The van der Waals surface area contributed by atoms with E-state index in [-0.39, 0.29) is 24.7 Å². The lowest BCUT2D eigenvalue weighted by atomic mass is 10.1. The lowest BCUT2D eigenvalue weighted by Crippen LogP contribution is -2.30. The Morgan fingerprint density at radius 2 is 1.95 bits per heavy atom. The summed E-state index contributed by atoms with van der Waals surface area (Å²) >= 11 is 0. The Hall–Kier alpha value is -1.10. The third kappa shape index (κ3) is 6.05. The quantitative estimate of drug-likeness (QED) is 0.713. The maximum Gasteiger partial charge on any atom is 0.306 e. The SMILES string of the molecule is COCC1CCN(C(=O)CCC(=O)OC(C)(C)C)C1. The minimum Gasteiger partial charge on any atom is -0.460 e. The zero-order valence-electron chi connectivity index (χ0n) is 12.4. The zero-order chi connectivity index (χ0) is 14.5. The van der Waals surface area contributed by atoms with E-state index in [9.17, 15) is 9.59 Å². The predicted molar refractivity (Wildman–Crippen MR) is 71.6 cm³/mol. The van der Waals surface area contributed by atoms with Gasteiger partial charge in [0.15, 0.2) is 0 Å². The van der Waals surface area contributed by atoms with Gasteiger partial charge in [0, 0.05) is 32.5 Å². The van der Waals surface area contributed by atoms with E-state index < -0.39 is 5.60 Å². The number of ether oxygens (including phenoxy) is 2. The minimum atomic E-state index is -0.489. The summed E-state index contributed by atoms with van der Waals surface area (Å²) in [6, 6.07) is 0. The topological polar surface area (TPSA) is 55.8 Å². The molecule has 110 valence electrons. The highest BCUT2D eigenvalue weighted by atomic mass is 16.6. The maximum absolute atomic E-state index is 11.9. The van der Waals surface area contributed by atoms with Crippen molar-refractivity contribution in [2.45, 2.75) is 45.6 Å². The number of rotatable bonds is 5. The number of amides is 1. The van der Waals surface area contributed by atoms with Crippen molar-refractivity contribution in [1.82, 2.24) is 4.90 Å². The van der Waals surface area contributed by atoms with Gasteiger partial charge < -0.3 is 14.4 Å². The van der Waals surface area contributed by atoms with Crippen LogP contribution in [0.1, 0.15) is 40.0 Å². The molecule has 1 unspecified atom stereocenters. The molecule has 1 rings (SSSR count). The van der Waals surface area contributed by atoms with Gasteiger partial charge in [-0.1, -0.05) is 0 Å². The summed E-state index contributed by atoms with van der Waals surface area (Å²) in [5.41, 5.74) is -0.489. The number of nitrogens with zero attached hydrogens (tertiary/aromatic N) is 1. The smallest absolute Gasteiger partial charge is 0.306 e. The molecule has 1 fully saturated rings. The summed E-state index contributed by atoms with van der Waals surface area (Å²) in [5.74, 6) is 0.147. The van der Waals surface area contributed by atoms with E-state index in [0.29, 0.717) is 12.5 Å². The fraction of sp³-hybridized carbons (Fsp3) is 0.857. The second-order valence-electron chi connectivity index (χ2n) is 6.04. The molecule has 19 heavy (non-hydrogen) atoms. The standard InChI is InChI=1S/C14H25NO4/c1-14(2,3)19-13(17)6-5-12(16)15-8-7-11(9-15)10-18-4/h11H,5-10H2,1-4H3. The van der Waals surface area contributed by atoms with E-state index in [1.54, 1.807) is 7.11 Å². The lowest BCUT2D eigenvalue weighted by molar-refractivity contribution is -0.156. The molecule has 0 N–H and O–H groups in total. The van der Waals surface area contributed by atoms with Crippen molar-refractivity contribution in [1.29, 1.82) is 0 Å². The van der Waals surface area contributed by atoms with E-state index in [1.807, 2.05) is 25.7 Å². The largest absolute Gasteiger partial charge is 0.460 e. The molecule has 1 saturated heterocycles. The number of esters is 1. The Kier molecular flexibility index (Phi) is 5.79. The number of carbonyl (C=O) groups excluding carboxylic acids is 2. The van der Waals surface area contributed by atoms with Crippen molar-refractivity contribution in [3.63, 3.8) is 0 Å². The van der Waals surface area contributed by atoms with Crippen LogP contribution in [0.25, 0.3) is 0 Å². The van der Waals surface area contributed by atoms with Crippen LogP contribution in [0, 0.1) is 5.92 Å². The molecule has 1 amide bonds. The van der Waals surface area contributed by atoms with Crippen molar-refractivity contribution in [2.24, 2.45) is 5.92 Å². The molecular formula is C14H25NO4. The summed E-state index contributed by atoms with van der Waals surface area (Å²) in [5, 5.41) is 0. The van der Waals surface area contributed by atoms with Crippen LogP contribution in [0.15, 0.2) is 0 Å². The zero-order valence-corrected chi connectivity index (χ0v) is 12.4. The fourth-order valence-electron chi connectivity index (χ4n) is 2.19. The molecule has 1 atom stereocenters. The van der Waals surface area contributed by atoms with Gasteiger partial charge in [-0.05, 0) is 27.2 Å². The Bertz CT molecular complexity index is 322.